The van der Waals surface area contributed by atoms with Crippen molar-refractivity contribution >= 4 is 11.7 Å². The molecule has 0 saturated heterocycles. The fourth-order valence-electron chi connectivity index (χ4n) is 2.35. The number of hydrogen-bond donors (Lipinski definition) is 1. The molecule has 3 rings (SSSR count). The SMILES string of the molecule is COc1ccc(-c2cc(CNc3ccc(C(=O)N(C)C)cn3)on2)cc1. The molecular weight excluding hydrogens is 332 g/mol. The fraction of sp³-hybridized carbons (Fsp3) is 0.211. The Kier molecular flexibility index (Phi) is 5.17. The molecule has 1 N–H and O–H groups in total. The minimum Gasteiger partial charge on any atom is -0.497 e. The number of aromatic nitrogens is 2. The third-order valence-corrected chi connectivity index (χ3v) is 3.81. The topological polar surface area (TPSA) is 80.5 Å². The van der Waals surface area contributed by atoms with Gasteiger partial charge in [0, 0.05) is 31.9 Å². The summed E-state index contributed by atoms with van der Waals surface area (Å²) < 4.78 is 10.5. The van der Waals surface area contributed by atoms with Gasteiger partial charge in [-0.2, -0.15) is 0 Å². The zero-order valence-corrected chi connectivity index (χ0v) is 14.9. The molecule has 7 nitrogen and oxygen atoms in total. The smallest absolute Gasteiger partial charge is 0.254 e. The van der Waals surface area contributed by atoms with E-state index < -0.39 is 0 Å². The van der Waals surface area contributed by atoms with Gasteiger partial charge in [-0.05, 0) is 36.4 Å². The zero-order chi connectivity index (χ0) is 18.5. The predicted molar refractivity (Wildman–Crippen MR) is 98.1 cm³/mol. The Morgan fingerprint density at radius 3 is 2.58 bits per heavy atom. The van der Waals surface area contributed by atoms with Gasteiger partial charge in [-0.3, -0.25) is 4.79 Å². The zero-order valence-electron chi connectivity index (χ0n) is 14.9. The molecule has 0 aliphatic carbocycles. The van der Waals surface area contributed by atoms with Gasteiger partial charge in [0.25, 0.3) is 5.91 Å². The van der Waals surface area contributed by atoms with Crippen LogP contribution in [0.4, 0.5) is 5.82 Å². The van der Waals surface area contributed by atoms with Gasteiger partial charge < -0.3 is 19.5 Å². The van der Waals surface area contributed by atoms with Crippen LogP contribution in [0.3, 0.4) is 0 Å². The predicted octanol–water partition coefficient (Wildman–Crippen LogP) is 3.06. The van der Waals surface area contributed by atoms with Crippen molar-refractivity contribution in [3.8, 4) is 17.0 Å². The van der Waals surface area contributed by atoms with E-state index in [0.29, 0.717) is 23.7 Å². The molecule has 0 bridgehead atoms. The molecule has 0 aliphatic rings. The van der Waals surface area contributed by atoms with Crippen LogP contribution < -0.4 is 10.1 Å². The van der Waals surface area contributed by atoms with E-state index in [1.165, 1.54) is 4.90 Å². The Hall–Kier alpha value is -3.35. The third kappa shape index (κ3) is 4.00. The molecule has 0 aliphatic heterocycles. The Morgan fingerprint density at radius 2 is 1.96 bits per heavy atom. The van der Waals surface area contributed by atoms with E-state index >= 15 is 0 Å². The highest BCUT2D eigenvalue weighted by atomic mass is 16.5. The molecule has 0 fully saturated rings. The number of amides is 1. The second-order valence-corrected chi connectivity index (χ2v) is 5.89. The quantitative estimate of drug-likeness (QED) is 0.734. The number of nitrogens with zero attached hydrogens (tertiary/aromatic N) is 3. The maximum atomic E-state index is 11.8. The Morgan fingerprint density at radius 1 is 1.19 bits per heavy atom. The van der Waals surface area contributed by atoms with Gasteiger partial charge in [-0.1, -0.05) is 5.16 Å². The van der Waals surface area contributed by atoms with Crippen LogP contribution in [-0.4, -0.2) is 42.2 Å². The number of carbonyl (C=O) groups excluding carboxylic acids is 1. The molecule has 0 radical (unpaired) electrons. The van der Waals surface area contributed by atoms with Gasteiger partial charge in [0.2, 0.25) is 0 Å². The molecular formula is C19H20N4O3. The number of ether oxygens (including phenoxy) is 1. The molecule has 1 amide bonds. The molecule has 0 unspecified atom stereocenters. The molecule has 1 aromatic carbocycles. The lowest BCUT2D eigenvalue weighted by Crippen LogP contribution is -2.21. The highest BCUT2D eigenvalue weighted by Crippen LogP contribution is 2.22. The first kappa shape index (κ1) is 17.5. The van der Waals surface area contributed by atoms with Crippen LogP contribution in [0.1, 0.15) is 16.1 Å². The van der Waals surface area contributed by atoms with Crippen molar-refractivity contribution in [1.82, 2.24) is 15.0 Å². The van der Waals surface area contributed by atoms with Crippen molar-refractivity contribution in [1.29, 1.82) is 0 Å². The molecule has 2 aromatic heterocycles. The lowest BCUT2D eigenvalue weighted by Gasteiger charge is -2.10. The molecule has 0 saturated carbocycles. The van der Waals surface area contributed by atoms with Gasteiger partial charge in [0.1, 0.15) is 17.3 Å². The number of benzene rings is 1. The monoisotopic (exact) mass is 352 g/mol. The standard InChI is InChI=1S/C19H20N4O3/c1-23(2)19(24)14-6-9-18(20-11-14)21-12-16-10-17(22-26-16)13-4-7-15(25-3)8-5-13/h4-11H,12H2,1-3H3,(H,20,21). The maximum absolute atomic E-state index is 11.8. The number of anilines is 1. The van der Waals surface area contributed by atoms with E-state index in [1.54, 1.807) is 39.5 Å². The first-order valence-electron chi connectivity index (χ1n) is 8.08. The molecule has 3 aromatic rings. The summed E-state index contributed by atoms with van der Waals surface area (Å²) >= 11 is 0. The number of nitrogens with one attached hydrogen (secondary N) is 1. The molecule has 134 valence electrons. The van der Waals surface area contributed by atoms with E-state index in [0.717, 1.165) is 17.0 Å². The van der Waals surface area contributed by atoms with E-state index in [9.17, 15) is 4.79 Å². The Labute approximate surface area is 151 Å². The van der Waals surface area contributed by atoms with Crippen LogP contribution in [0.2, 0.25) is 0 Å². The van der Waals surface area contributed by atoms with Gasteiger partial charge in [-0.25, -0.2) is 4.98 Å². The van der Waals surface area contributed by atoms with E-state index in [1.807, 2.05) is 30.3 Å². The molecule has 7 heteroatoms. The van der Waals surface area contributed by atoms with E-state index in [-0.39, 0.29) is 5.91 Å². The molecule has 0 atom stereocenters. The minimum absolute atomic E-state index is 0.0802. The normalized spacial score (nSPS) is 10.4. The summed E-state index contributed by atoms with van der Waals surface area (Å²) in [6.45, 7) is 0.442. The van der Waals surface area contributed by atoms with Gasteiger partial charge in [-0.15, -0.1) is 0 Å². The number of pyridine rings is 1. The van der Waals surface area contributed by atoms with Crippen molar-refractivity contribution in [3.63, 3.8) is 0 Å². The first-order chi connectivity index (χ1) is 12.6. The number of rotatable bonds is 6. The lowest BCUT2D eigenvalue weighted by molar-refractivity contribution is 0.0827. The fourth-order valence-corrected chi connectivity index (χ4v) is 2.35. The second kappa shape index (κ2) is 7.69. The minimum atomic E-state index is -0.0802. The highest BCUT2D eigenvalue weighted by Gasteiger charge is 2.09. The van der Waals surface area contributed by atoms with Gasteiger partial charge >= 0.3 is 0 Å². The van der Waals surface area contributed by atoms with Crippen molar-refractivity contribution in [2.45, 2.75) is 6.54 Å². The Balaban J connectivity index is 1.61. The molecule has 26 heavy (non-hydrogen) atoms. The summed E-state index contributed by atoms with van der Waals surface area (Å²) in [6.07, 6.45) is 1.55. The highest BCUT2D eigenvalue weighted by molar-refractivity contribution is 5.93. The largest absolute Gasteiger partial charge is 0.497 e. The van der Waals surface area contributed by atoms with Crippen molar-refractivity contribution < 1.29 is 14.1 Å². The van der Waals surface area contributed by atoms with Crippen LogP contribution in [0.15, 0.2) is 53.2 Å². The molecule has 0 spiro atoms. The van der Waals surface area contributed by atoms with Crippen LogP contribution in [0, 0.1) is 0 Å². The second-order valence-electron chi connectivity index (χ2n) is 5.89. The van der Waals surface area contributed by atoms with Gasteiger partial charge in [0.05, 0.1) is 19.2 Å². The van der Waals surface area contributed by atoms with Crippen LogP contribution in [0.25, 0.3) is 11.3 Å². The van der Waals surface area contributed by atoms with Crippen molar-refractivity contribution in [3.05, 3.63) is 60.0 Å². The maximum Gasteiger partial charge on any atom is 0.254 e. The van der Waals surface area contributed by atoms with Crippen molar-refractivity contribution in [2.75, 3.05) is 26.5 Å². The Bertz CT molecular complexity index is 871. The van der Waals surface area contributed by atoms with E-state index in [2.05, 4.69) is 15.5 Å². The van der Waals surface area contributed by atoms with Crippen LogP contribution in [-0.2, 0) is 6.54 Å². The number of hydrogen-bond acceptors (Lipinski definition) is 6. The summed E-state index contributed by atoms with van der Waals surface area (Å²) in [5.41, 5.74) is 2.25. The number of carbonyl (C=O) groups is 1. The third-order valence-electron chi connectivity index (χ3n) is 3.81. The summed E-state index contributed by atoms with van der Waals surface area (Å²) in [5, 5.41) is 7.23. The molecule has 2 heterocycles. The number of methoxy groups -OCH3 is 1. The van der Waals surface area contributed by atoms with Crippen molar-refractivity contribution in [2.24, 2.45) is 0 Å². The summed E-state index contributed by atoms with van der Waals surface area (Å²) in [7, 11) is 5.05. The first-order valence-corrected chi connectivity index (χ1v) is 8.08. The van der Waals surface area contributed by atoms with E-state index in [4.69, 9.17) is 9.26 Å². The average molecular weight is 352 g/mol. The van der Waals surface area contributed by atoms with Crippen LogP contribution >= 0.6 is 0 Å². The summed E-state index contributed by atoms with van der Waals surface area (Å²) in [5.74, 6) is 2.05. The lowest BCUT2D eigenvalue weighted by atomic mass is 10.1. The summed E-state index contributed by atoms with van der Waals surface area (Å²) in [4.78, 5) is 17.6. The van der Waals surface area contributed by atoms with Gasteiger partial charge in [0.15, 0.2) is 5.76 Å². The summed E-state index contributed by atoms with van der Waals surface area (Å²) in [6, 6.07) is 13.0. The average Bonchev–Trinajstić information content (AvgIpc) is 3.15. The van der Waals surface area contributed by atoms with Crippen LogP contribution in [0.5, 0.6) is 5.75 Å².